The Morgan fingerprint density at radius 1 is 1.45 bits per heavy atom. The predicted octanol–water partition coefficient (Wildman–Crippen LogP) is -2.69. The highest BCUT2D eigenvalue weighted by atomic mass is 16.6. The number of nitrogens with zero attached hydrogens (tertiary/aromatic N) is 3. The van der Waals surface area contributed by atoms with Crippen molar-refractivity contribution in [2.75, 3.05) is 12.3 Å². The van der Waals surface area contributed by atoms with Crippen molar-refractivity contribution in [1.82, 2.24) is 19.5 Å². The molecule has 0 aliphatic carbocycles. The highest BCUT2D eigenvalue weighted by Crippen LogP contribution is 2.29. The minimum atomic E-state index is -1.41. The fraction of sp³-hybridized carbons (Fsp3) is 0.500. The summed E-state index contributed by atoms with van der Waals surface area (Å²) in [6.45, 7) is -0.497. The summed E-state index contributed by atoms with van der Waals surface area (Å²) in [5.74, 6) is -0.204. The molecule has 4 atom stereocenters. The van der Waals surface area contributed by atoms with Crippen LogP contribution in [0.25, 0.3) is 11.2 Å². The molecule has 6 N–H and O–H groups in total. The molecule has 0 saturated carbocycles. The number of aliphatic hydroxyl groups excluding tert-OH is 3. The second-order valence-corrected chi connectivity index (χ2v) is 4.48. The van der Waals surface area contributed by atoms with Crippen LogP contribution in [0.2, 0.25) is 0 Å². The Balaban J connectivity index is 2.13. The van der Waals surface area contributed by atoms with Crippen molar-refractivity contribution in [3.8, 4) is 0 Å². The molecule has 10 heteroatoms. The Bertz CT molecular complexity index is 697. The van der Waals surface area contributed by atoms with Crippen LogP contribution in [0, 0.1) is 0 Å². The van der Waals surface area contributed by atoms with Crippen LogP contribution >= 0.6 is 0 Å². The van der Waals surface area contributed by atoms with Crippen molar-refractivity contribution in [2.24, 2.45) is 0 Å². The van der Waals surface area contributed by atoms with E-state index in [9.17, 15) is 15.0 Å². The van der Waals surface area contributed by atoms with Gasteiger partial charge in [0.1, 0.15) is 18.3 Å². The van der Waals surface area contributed by atoms with E-state index in [1.807, 2.05) is 0 Å². The van der Waals surface area contributed by atoms with Crippen molar-refractivity contribution in [3.05, 3.63) is 16.7 Å². The van der Waals surface area contributed by atoms with Gasteiger partial charge in [0.15, 0.2) is 17.4 Å². The monoisotopic (exact) mass is 283 g/mol. The quantitative estimate of drug-likeness (QED) is 0.398. The van der Waals surface area contributed by atoms with Gasteiger partial charge in [-0.25, -0.2) is 9.55 Å². The fourth-order valence-electron chi connectivity index (χ4n) is 2.26. The molecule has 1 aliphatic rings. The van der Waals surface area contributed by atoms with Crippen LogP contribution < -0.4 is 11.3 Å². The van der Waals surface area contributed by atoms with Crippen LogP contribution in [0.4, 0.5) is 5.95 Å². The zero-order chi connectivity index (χ0) is 14.4. The molecule has 0 aromatic carbocycles. The van der Waals surface area contributed by atoms with Gasteiger partial charge < -0.3 is 30.8 Å². The summed E-state index contributed by atoms with van der Waals surface area (Å²) in [6.07, 6.45) is -3.67. The van der Waals surface area contributed by atoms with Gasteiger partial charge in [-0.2, -0.15) is 4.98 Å². The molecular formula is C10H13N5O5. The predicted molar refractivity (Wildman–Crippen MR) is 65.6 cm³/mol. The SMILES string of the molecule is Nc1nc2nc[nH]c2c(=O)n1[C@@H]1O[C@H](CO)[C@H](O)[C@H]1O. The van der Waals surface area contributed by atoms with Crippen LogP contribution in [-0.4, -0.2) is 59.8 Å². The number of aliphatic hydroxyl groups is 3. The molecule has 0 radical (unpaired) electrons. The summed E-state index contributed by atoms with van der Waals surface area (Å²) >= 11 is 0. The third-order valence-electron chi connectivity index (χ3n) is 3.29. The zero-order valence-corrected chi connectivity index (χ0v) is 10.2. The summed E-state index contributed by atoms with van der Waals surface area (Å²) in [4.78, 5) is 22.6. The summed E-state index contributed by atoms with van der Waals surface area (Å²) in [5, 5.41) is 28.7. The van der Waals surface area contributed by atoms with E-state index in [-0.39, 0.29) is 17.1 Å². The van der Waals surface area contributed by atoms with Crippen molar-refractivity contribution in [2.45, 2.75) is 24.5 Å². The first kappa shape index (κ1) is 13.0. The van der Waals surface area contributed by atoms with Gasteiger partial charge in [0.05, 0.1) is 12.9 Å². The molecule has 1 fully saturated rings. The first-order valence-electron chi connectivity index (χ1n) is 5.88. The number of nitrogens with two attached hydrogens (primary N) is 1. The minimum Gasteiger partial charge on any atom is -0.394 e. The Hall–Kier alpha value is -2.01. The number of hydrogen-bond acceptors (Lipinski definition) is 8. The van der Waals surface area contributed by atoms with E-state index in [1.54, 1.807) is 0 Å². The van der Waals surface area contributed by atoms with Crippen molar-refractivity contribution in [1.29, 1.82) is 0 Å². The van der Waals surface area contributed by atoms with Gasteiger partial charge in [0.25, 0.3) is 5.56 Å². The van der Waals surface area contributed by atoms with E-state index in [1.165, 1.54) is 6.33 Å². The van der Waals surface area contributed by atoms with Crippen molar-refractivity contribution < 1.29 is 20.1 Å². The average molecular weight is 283 g/mol. The standard InChI is InChI=1S/C10H13N5O5/c11-10-14-7-4(12-2-13-7)8(19)15(10)9-6(18)5(17)3(1-16)20-9/h2-3,5-6,9,16-18H,1H2,(H2,11,14)(H,12,13)/t3-,5+,6-,9-/m1/s1. The Labute approximate surface area is 111 Å². The molecule has 10 nitrogen and oxygen atoms in total. The van der Waals surface area contributed by atoms with E-state index < -0.39 is 36.7 Å². The number of anilines is 1. The fourth-order valence-corrected chi connectivity index (χ4v) is 2.26. The maximum atomic E-state index is 12.3. The lowest BCUT2D eigenvalue weighted by molar-refractivity contribution is -0.0534. The zero-order valence-electron chi connectivity index (χ0n) is 10.2. The molecule has 0 unspecified atom stereocenters. The minimum absolute atomic E-state index is 0.108. The number of fused-ring (bicyclic) bond motifs is 1. The third kappa shape index (κ3) is 1.70. The largest absolute Gasteiger partial charge is 0.394 e. The lowest BCUT2D eigenvalue weighted by Crippen LogP contribution is -2.36. The van der Waals surface area contributed by atoms with E-state index in [0.29, 0.717) is 0 Å². The van der Waals surface area contributed by atoms with Gasteiger partial charge in [-0.1, -0.05) is 0 Å². The lowest BCUT2D eigenvalue weighted by atomic mass is 10.1. The molecule has 0 spiro atoms. The van der Waals surface area contributed by atoms with Gasteiger partial charge in [-0.3, -0.25) is 4.79 Å². The third-order valence-corrected chi connectivity index (χ3v) is 3.29. The number of aromatic amines is 1. The molecule has 0 bridgehead atoms. The molecule has 1 aliphatic heterocycles. The molecule has 3 rings (SSSR count). The second kappa shape index (κ2) is 4.52. The van der Waals surface area contributed by atoms with Crippen LogP contribution in [0.1, 0.15) is 6.23 Å². The average Bonchev–Trinajstić information content (AvgIpc) is 2.98. The first-order valence-corrected chi connectivity index (χ1v) is 5.88. The smallest absolute Gasteiger partial charge is 0.283 e. The van der Waals surface area contributed by atoms with Gasteiger partial charge in [-0.15, -0.1) is 0 Å². The van der Waals surface area contributed by atoms with Crippen molar-refractivity contribution >= 4 is 17.1 Å². The molecular weight excluding hydrogens is 270 g/mol. The number of nitrogens with one attached hydrogen (secondary N) is 1. The van der Waals surface area contributed by atoms with E-state index in [2.05, 4.69) is 15.0 Å². The highest BCUT2D eigenvalue weighted by molar-refractivity contribution is 5.69. The molecule has 1 saturated heterocycles. The van der Waals surface area contributed by atoms with Gasteiger partial charge >= 0.3 is 0 Å². The Kier molecular flexibility index (Phi) is 2.94. The summed E-state index contributed by atoms with van der Waals surface area (Å²) in [6, 6.07) is 0. The molecule has 2 aromatic rings. The number of ether oxygens (including phenoxy) is 1. The van der Waals surface area contributed by atoms with E-state index in [0.717, 1.165) is 4.57 Å². The van der Waals surface area contributed by atoms with Crippen LogP contribution in [0.15, 0.2) is 11.1 Å². The first-order chi connectivity index (χ1) is 9.54. The molecule has 3 heterocycles. The van der Waals surface area contributed by atoms with Gasteiger partial charge in [0, 0.05) is 0 Å². The summed E-state index contributed by atoms with van der Waals surface area (Å²) in [7, 11) is 0. The lowest BCUT2D eigenvalue weighted by Gasteiger charge is -2.18. The van der Waals surface area contributed by atoms with E-state index in [4.69, 9.17) is 15.6 Å². The topological polar surface area (TPSA) is 160 Å². The number of nitrogen functional groups attached to an aromatic ring is 1. The number of hydrogen-bond donors (Lipinski definition) is 5. The normalized spacial score (nSPS) is 30.1. The molecule has 2 aromatic heterocycles. The summed E-state index contributed by atoms with van der Waals surface area (Å²) in [5.41, 5.74) is 5.36. The highest BCUT2D eigenvalue weighted by Gasteiger charge is 2.44. The number of aromatic nitrogens is 4. The maximum absolute atomic E-state index is 12.3. The number of H-pyrrole nitrogens is 1. The van der Waals surface area contributed by atoms with Gasteiger partial charge in [0.2, 0.25) is 5.95 Å². The van der Waals surface area contributed by atoms with Crippen LogP contribution in [0.3, 0.4) is 0 Å². The maximum Gasteiger partial charge on any atom is 0.283 e. The van der Waals surface area contributed by atoms with Gasteiger partial charge in [-0.05, 0) is 0 Å². The second-order valence-electron chi connectivity index (χ2n) is 4.48. The van der Waals surface area contributed by atoms with Crippen LogP contribution in [-0.2, 0) is 4.74 Å². The number of imidazole rings is 1. The van der Waals surface area contributed by atoms with E-state index >= 15 is 0 Å². The summed E-state index contributed by atoms with van der Waals surface area (Å²) < 4.78 is 6.19. The molecule has 20 heavy (non-hydrogen) atoms. The Morgan fingerprint density at radius 3 is 2.85 bits per heavy atom. The number of rotatable bonds is 2. The Morgan fingerprint density at radius 2 is 2.20 bits per heavy atom. The molecule has 0 amide bonds. The van der Waals surface area contributed by atoms with Crippen molar-refractivity contribution in [3.63, 3.8) is 0 Å². The molecule has 108 valence electrons. The van der Waals surface area contributed by atoms with Crippen LogP contribution in [0.5, 0.6) is 0 Å².